The molecule has 4 rings (SSSR count). The predicted octanol–water partition coefficient (Wildman–Crippen LogP) is 3.36. The topological polar surface area (TPSA) is 57.2 Å². The van der Waals surface area contributed by atoms with E-state index in [2.05, 4.69) is 0 Å². The molecule has 2 heterocycles. The second-order valence-corrected chi connectivity index (χ2v) is 6.67. The van der Waals surface area contributed by atoms with Crippen molar-refractivity contribution in [2.24, 2.45) is 0 Å². The van der Waals surface area contributed by atoms with E-state index in [1.807, 2.05) is 30.3 Å². The molecule has 1 amide bonds. The Bertz CT molecular complexity index is 850. The summed E-state index contributed by atoms with van der Waals surface area (Å²) in [4.78, 5) is 14.7. The molecule has 27 heavy (non-hydrogen) atoms. The van der Waals surface area contributed by atoms with Crippen molar-refractivity contribution in [2.45, 2.75) is 12.2 Å². The fraction of sp³-hybridized carbons (Fsp3) is 0.350. The molecule has 7 heteroatoms. The molecule has 0 saturated carbocycles. The summed E-state index contributed by atoms with van der Waals surface area (Å²) in [5.41, 5.74) is 1.33. The Labute approximate surface area is 162 Å². The third-order valence-electron chi connectivity index (χ3n) is 4.68. The molecule has 2 aliphatic rings. The zero-order valence-electron chi connectivity index (χ0n) is 14.9. The van der Waals surface area contributed by atoms with E-state index in [9.17, 15) is 4.79 Å². The molecular formula is C20H20ClNO5. The number of rotatable bonds is 6. The Balaban J connectivity index is 1.47. The molecule has 0 aliphatic carbocycles. The average Bonchev–Trinajstić information content (AvgIpc) is 3.27. The summed E-state index contributed by atoms with van der Waals surface area (Å²) >= 11 is 6.39. The summed E-state index contributed by atoms with van der Waals surface area (Å²) in [6.45, 7) is 1.63. The third kappa shape index (κ3) is 3.04. The number of fused-ring (bicyclic) bond motifs is 2. The molecule has 2 aliphatic heterocycles. The molecule has 0 bridgehead atoms. The Morgan fingerprint density at radius 1 is 1.11 bits per heavy atom. The largest absolute Gasteiger partial charge is 0.493 e. The highest BCUT2D eigenvalue weighted by Gasteiger charge is 2.56. The van der Waals surface area contributed by atoms with Gasteiger partial charge >= 0.3 is 0 Å². The van der Waals surface area contributed by atoms with Crippen molar-refractivity contribution in [1.29, 1.82) is 0 Å². The van der Waals surface area contributed by atoms with Crippen LogP contribution in [-0.2, 0) is 20.1 Å². The first-order chi connectivity index (χ1) is 13.2. The standard InChI is InChI=1S/C20H20ClNO5/c1-24-16-8-2-3-9-17(16)25-11-5-10-22-18-14(6-4-7-15(18)21)20(19(22)23)26-12-13-27-20/h2-4,6-9H,5,10-13H2,1H3. The van der Waals surface area contributed by atoms with Crippen LogP contribution in [0, 0.1) is 0 Å². The molecule has 1 spiro atoms. The van der Waals surface area contributed by atoms with Gasteiger partial charge in [0.05, 0.1) is 37.6 Å². The van der Waals surface area contributed by atoms with Crippen LogP contribution in [0.3, 0.4) is 0 Å². The SMILES string of the molecule is COc1ccccc1OCCCN1C(=O)C2(OCCO2)c2cccc(Cl)c21. The number of nitrogens with zero attached hydrogens (tertiary/aromatic N) is 1. The average molecular weight is 390 g/mol. The Hall–Kier alpha value is -2.28. The van der Waals surface area contributed by atoms with Gasteiger partial charge in [0.15, 0.2) is 11.5 Å². The number of amides is 1. The molecule has 2 aromatic carbocycles. The predicted molar refractivity (Wildman–Crippen MR) is 100 cm³/mol. The van der Waals surface area contributed by atoms with E-state index >= 15 is 0 Å². The minimum Gasteiger partial charge on any atom is -0.493 e. The highest BCUT2D eigenvalue weighted by molar-refractivity contribution is 6.35. The van der Waals surface area contributed by atoms with Gasteiger partial charge in [-0.1, -0.05) is 35.9 Å². The van der Waals surface area contributed by atoms with E-state index in [-0.39, 0.29) is 5.91 Å². The molecule has 0 unspecified atom stereocenters. The highest BCUT2D eigenvalue weighted by Crippen LogP contribution is 2.48. The lowest BCUT2D eigenvalue weighted by molar-refractivity contribution is -0.180. The molecule has 0 radical (unpaired) electrons. The van der Waals surface area contributed by atoms with E-state index < -0.39 is 5.79 Å². The van der Waals surface area contributed by atoms with Crippen molar-refractivity contribution < 1.29 is 23.7 Å². The minimum absolute atomic E-state index is 0.236. The van der Waals surface area contributed by atoms with Crippen LogP contribution in [0.25, 0.3) is 0 Å². The van der Waals surface area contributed by atoms with Gasteiger partial charge < -0.3 is 23.8 Å². The Kier molecular flexibility index (Phi) is 4.95. The summed E-state index contributed by atoms with van der Waals surface area (Å²) in [5.74, 6) is -0.246. The van der Waals surface area contributed by atoms with Crippen molar-refractivity contribution >= 4 is 23.2 Å². The second kappa shape index (κ2) is 7.38. The van der Waals surface area contributed by atoms with E-state index in [0.717, 1.165) is 0 Å². The van der Waals surface area contributed by atoms with Crippen LogP contribution >= 0.6 is 11.6 Å². The number of anilines is 1. The summed E-state index contributed by atoms with van der Waals surface area (Å²) in [5, 5.41) is 0.502. The number of benzene rings is 2. The summed E-state index contributed by atoms with van der Waals surface area (Å²) in [6.07, 6.45) is 0.616. The fourth-order valence-electron chi connectivity index (χ4n) is 3.50. The first-order valence-corrected chi connectivity index (χ1v) is 9.20. The van der Waals surface area contributed by atoms with Gasteiger partial charge in [0.1, 0.15) is 0 Å². The highest BCUT2D eigenvalue weighted by atomic mass is 35.5. The maximum atomic E-state index is 13.1. The number of hydrogen-bond acceptors (Lipinski definition) is 5. The molecule has 1 saturated heterocycles. The van der Waals surface area contributed by atoms with Gasteiger partial charge in [-0.25, -0.2) is 0 Å². The maximum absolute atomic E-state index is 13.1. The van der Waals surface area contributed by atoms with Gasteiger partial charge in [-0.3, -0.25) is 4.79 Å². The lowest BCUT2D eigenvalue weighted by Crippen LogP contribution is -2.41. The number of halogens is 1. The van der Waals surface area contributed by atoms with Crippen molar-refractivity contribution in [3.63, 3.8) is 0 Å². The molecule has 6 nitrogen and oxygen atoms in total. The normalized spacial score (nSPS) is 17.4. The van der Waals surface area contributed by atoms with Crippen LogP contribution in [-0.4, -0.2) is 39.4 Å². The van der Waals surface area contributed by atoms with Crippen molar-refractivity contribution in [3.05, 3.63) is 53.1 Å². The van der Waals surface area contributed by atoms with Gasteiger partial charge in [-0.2, -0.15) is 0 Å². The molecule has 0 N–H and O–H groups in total. The number of ether oxygens (including phenoxy) is 4. The van der Waals surface area contributed by atoms with Crippen LogP contribution < -0.4 is 14.4 Å². The third-order valence-corrected chi connectivity index (χ3v) is 4.99. The van der Waals surface area contributed by atoms with Crippen LogP contribution in [0.15, 0.2) is 42.5 Å². The minimum atomic E-state index is -1.36. The molecular weight excluding hydrogens is 370 g/mol. The van der Waals surface area contributed by atoms with Gasteiger partial charge in [-0.15, -0.1) is 0 Å². The van der Waals surface area contributed by atoms with E-state index in [1.54, 1.807) is 24.1 Å². The van der Waals surface area contributed by atoms with Crippen molar-refractivity contribution in [1.82, 2.24) is 0 Å². The summed E-state index contributed by atoms with van der Waals surface area (Å²) in [7, 11) is 1.60. The van der Waals surface area contributed by atoms with Gasteiger partial charge in [0, 0.05) is 12.1 Å². The number of methoxy groups -OCH3 is 1. The number of carbonyl (C=O) groups is 1. The Morgan fingerprint density at radius 2 is 1.85 bits per heavy atom. The molecule has 1 fully saturated rings. The molecule has 2 aromatic rings. The van der Waals surface area contributed by atoms with Crippen LogP contribution in [0.5, 0.6) is 11.5 Å². The van der Waals surface area contributed by atoms with Crippen LogP contribution in [0.1, 0.15) is 12.0 Å². The molecule has 0 atom stereocenters. The van der Waals surface area contributed by atoms with Crippen LogP contribution in [0.4, 0.5) is 5.69 Å². The number of para-hydroxylation sites is 3. The lowest BCUT2D eigenvalue weighted by atomic mass is 10.1. The van der Waals surface area contributed by atoms with Gasteiger partial charge in [0.2, 0.25) is 0 Å². The maximum Gasteiger partial charge on any atom is 0.292 e. The monoisotopic (exact) mass is 389 g/mol. The first kappa shape index (κ1) is 18.1. The molecule has 0 aromatic heterocycles. The van der Waals surface area contributed by atoms with Gasteiger partial charge in [0.25, 0.3) is 11.7 Å². The number of hydrogen-bond donors (Lipinski definition) is 0. The zero-order valence-corrected chi connectivity index (χ0v) is 15.7. The van der Waals surface area contributed by atoms with E-state index in [1.165, 1.54) is 0 Å². The van der Waals surface area contributed by atoms with Gasteiger partial charge in [-0.05, 0) is 24.6 Å². The quantitative estimate of drug-likeness (QED) is 0.709. The smallest absolute Gasteiger partial charge is 0.292 e. The number of carbonyl (C=O) groups excluding carboxylic acids is 1. The second-order valence-electron chi connectivity index (χ2n) is 6.26. The summed E-state index contributed by atoms with van der Waals surface area (Å²) < 4.78 is 22.5. The summed E-state index contributed by atoms with van der Waals surface area (Å²) in [6, 6.07) is 12.9. The fourth-order valence-corrected chi connectivity index (χ4v) is 3.77. The van der Waals surface area contributed by atoms with Crippen LogP contribution in [0.2, 0.25) is 5.02 Å². The zero-order chi connectivity index (χ0) is 18.9. The first-order valence-electron chi connectivity index (χ1n) is 8.82. The van der Waals surface area contributed by atoms with Crippen molar-refractivity contribution in [2.75, 3.05) is 38.4 Å². The molecule has 142 valence electrons. The van der Waals surface area contributed by atoms with E-state index in [4.69, 9.17) is 30.5 Å². The Morgan fingerprint density at radius 3 is 2.59 bits per heavy atom. The van der Waals surface area contributed by atoms with Crippen molar-refractivity contribution in [3.8, 4) is 11.5 Å². The lowest BCUT2D eigenvalue weighted by Gasteiger charge is -2.22. The van der Waals surface area contributed by atoms with E-state index in [0.29, 0.717) is 60.6 Å².